The number of carbonyl (C=O) groups excluding carboxylic acids is 2. The van der Waals surface area contributed by atoms with Crippen molar-refractivity contribution in [2.24, 2.45) is 0 Å². The zero-order chi connectivity index (χ0) is 18.4. The summed E-state index contributed by atoms with van der Waals surface area (Å²) in [4.78, 5) is 24.9. The number of aromatic nitrogens is 2. The molecule has 0 fully saturated rings. The highest BCUT2D eigenvalue weighted by atomic mass is 32.1. The summed E-state index contributed by atoms with van der Waals surface area (Å²) in [7, 11) is 0. The van der Waals surface area contributed by atoms with Crippen LogP contribution in [0.15, 0.2) is 60.2 Å². The van der Waals surface area contributed by atoms with Crippen LogP contribution in [0.2, 0.25) is 0 Å². The summed E-state index contributed by atoms with van der Waals surface area (Å²) < 4.78 is 1.84. The molecule has 2 heterocycles. The Morgan fingerprint density at radius 3 is 2.65 bits per heavy atom. The molecule has 1 unspecified atom stereocenters. The first-order chi connectivity index (χ1) is 12.6. The molecule has 0 saturated heterocycles. The fourth-order valence-electron chi connectivity index (χ4n) is 2.53. The third-order valence-electron chi connectivity index (χ3n) is 3.95. The maximum absolute atomic E-state index is 12.3. The molecule has 0 saturated carbocycles. The van der Waals surface area contributed by atoms with Gasteiger partial charge in [0, 0.05) is 18.9 Å². The van der Waals surface area contributed by atoms with E-state index in [0.29, 0.717) is 18.0 Å². The summed E-state index contributed by atoms with van der Waals surface area (Å²) >= 11 is 1.35. The average molecular weight is 368 g/mol. The zero-order valence-electron chi connectivity index (χ0n) is 14.4. The standard InChI is InChI=1S/C19H20N4O2S/c1-14(22-19(25)17-8-4-11-26-17)18(24)20-12-15-6-2-3-7-16(15)13-23-10-5-9-21-23/h2-11,14H,12-13H2,1H3,(H,20,24)(H,22,25). The Morgan fingerprint density at radius 1 is 1.15 bits per heavy atom. The lowest BCUT2D eigenvalue weighted by atomic mass is 10.1. The van der Waals surface area contributed by atoms with Gasteiger partial charge in [-0.1, -0.05) is 30.3 Å². The Bertz CT molecular complexity index is 860. The minimum Gasteiger partial charge on any atom is -0.350 e. The fraction of sp³-hybridized carbons (Fsp3) is 0.211. The number of carbonyl (C=O) groups is 2. The predicted octanol–water partition coefficient (Wildman–Crippen LogP) is 2.43. The fourth-order valence-corrected chi connectivity index (χ4v) is 3.16. The summed E-state index contributed by atoms with van der Waals surface area (Å²) in [5.74, 6) is -0.453. The van der Waals surface area contributed by atoms with Crippen molar-refractivity contribution in [1.29, 1.82) is 0 Å². The third kappa shape index (κ3) is 4.58. The first kappa shape index (κ1) is 17.9. The van der Waals surface area contributed by atoms with Gasteiger partial charge in [-0.3, -0.25) is 14.3 Å². The van der Waals surface area contributed by atoms with Gasteiger partial charge in [-0.15, -0.1) is 11.3 Å². The molecule has 0 aliphatic heterocycles. The SMILES string of the molecule is CC(NC(=O)c1cccs1)C(=O)NCc1ccccc1Cn1cccn1. The third-order valence-corrected chi connectivity index (χ3v) is 4.82. The molecule has 0 aliphatic carbocycles. The molecular weight excluding hydrogens is 348 g/mol. The lowest BCUT2D eigenvalue weighted by molar-refractivity contribution is -0.122. The van der Waals surface area contributed by atoms with Gasteiger partial charge in [0.25, 0.3) is 5.91 Å². The van der Waals surface area contributed by atoms with Gasteiger partial charge >= 0.3 is 0 Å². The maximum Gasteiger partial charge on any atom is 0.261 e. The van der Waals surface area contributed by atoms with Gasteiger partial charge in [0.1, 0.15) is 6.04 Å². The van der Waals surface area contributed by atoms with Crippen molar-refractivity contribution in [3.05, 3.63) is 76.2 Å². The van der Waals surface area contributed by atoms with Crippen LogP contribution in [-0.4, -0.2) is 27.6 Å². The van der Waals surface area contributed by atoms with Gasteiger partial charge in [-0.2, -0.15) is 5.10 Å². The molecule has 134 valence electrons. The number of hydrogen-bond acceptors (Lipinski definition) is 4. The second-order valence-corrected chi connectivity index (χ2v) is 6.81. The summed E-state index contributed by atoms with van der Waals surface area (Å²) in [6, 6.07) is 12.7. The minimum absolute atomic E-state index is 0.219. The van der Waals surface area contributed by atoms with Crippen molar-refractivity contribution in [3.63, 3.8) is 0 Å². The van der Waals surface area contributed by atoms with Gasteiger partial charge in [0.2, 0.25) is 5.91 Å². The molecule has 6 nitrogen and oxygen atoms in total. The van der Waals surface area contributed by atoms with E-state index in [0.717, 1.165) is 11.1 Å². The molecule has 0 spiro atoms. The first-order valence-corrected chi connectivity index (χ1v) is 9.18. The van der Waals surface area contributed by atoms with Gasteiger partial charge in [0.15, 0.2) is 0 Å². The van der Waals surface area contributed by atoms with Gasteiger partial charge in [0.05, 0.1) is 11.4 Å². The van der Waals surface area contributed by atoms with Crippen LogP contribution in [0.1, 0.15) is 27.7 Å². The van der Waals surface area contributed by atoms with E-state index in [4.69, 9.17) is 0 Å². The van der Waals surface area contributed by atoms with Crippen molar-refractivity contribution >= 4 is 23.2 Å². The normalized spacial score (nSPS) is 11.7. The van der Waals surface area contributed by atoms with E-state index in [1.54, 1.807) is 25.3 Å². The van der Waals surface area contributed by atoms with E-state index in [1.165, 1.54) is 11.3 Å². The summed E-state index contributed by atoms with van der Waals surface area (Å²) in [5.41, 5.74) is 2.11. The zero-order valence-corrected chi connectivity index (χ0v) is 15.2. The highest BCUT2D eigenvalue weighted by Crippen LogP contribution is 2.11. The van der Waals surface area contributed by atoms with Crippen LogP contribution < -0.4 is 10.6 Å². The molecule has 2 aromatic heterocycles. The maximum atomic E-state index is 12.3. The Labute approximate surface area is 155 Å². The van der Waals surface area contributed by atoms with Crippen LogP contribution in [0.4, 0.5) is 0 Å². The van der Waals surface area contributed by atoms with Gasteiger partial charge in [-0.25, -0.2) is 0 Å². The molecule has 1 atom stereocenters. The number of rotatable bonds is 7. The molecule has 2 amide bonds. The Kier molecular flexibility index (Phi) is 5.80. The quantitative estimate of drug-likeness (QED) is 0.672. The smallest absolute Gasteiger partial charge is 0.261 e. The molecule has 7 heteroatoms. The van der Waals surface area contributed by atoms with Crippen LogP contribution >= 0.6 is 11.3 Å². The van der Waals surface area contributed by atoms with Crippen LogP contribution in [-0.2, 0) is 17.9 Å². The van der Waals surface area contributed by atoms with E-state index >= 15 is 0 Å². The molecule has 1 aromatic carbocycles. The number of hydrogen-bond donors (Lipinski definition) is 2. The summed E-state index contributed by atoms with van der Waals surface area (Å²) in [6.07, 6.45) is 3.64. The number of nitrogens with zero attached hydrogens (tertiary/aromatic N) is 2. The molecule has 0 radical (unpaired) electrons. The Morgan fingerprint density at radius 2 is 1.96 bits per heavy atom. The Balaban J connectivity index is 1.56. The highest BCUT2D eigenvalue weighted by molar-refractivity contribution is 7.12. The molecule has 2 N–H and O–H groups in total. The van der Waals surface area contributed by atoms with E-state index in [1.807, 2.05) is 46.6 Å². The molecular formula is C19H20N4O2S. The monoisotopic (exact) mass is 368 g/mol. The Hall–Kier alpha value is -2.93. The lowest BCUT2D eigenvalue weighted by Crippen LogP contribution is -2.44. The van der Waals surface area contributed by atoms with E-state index in [2.05, 4.69) is 15.7 Å². The van der Waals surface area contributed by atoms with Gasteiger partial charge in [-0.05, 0) is 35.6 Å². The van der Waals surface area contributed by atoms with Crippen LogP contribution in [0.25, 0.3) is 0 Å². The number of benzene rings is 1. The predicted molar refractivity (Wildman–Crippen MR) is 101 cm³/mol. The van der Waals surface area contributed by atoms with Crippen molar-refractivity contribution in [1.82, 2.24) is 20.4 Å². The van der Waals surface area contributed by atoms with E-state index < -0.39 is 6.04 Å². The van der Waals surface area contributed by atoms with E-state index in [9.17, 15) is 9.59 Å². The first-order valence-electron chi connectivity index (χ1n) is 8.30. The summed E-state index contributed by atoms with van der Waals surface area (Å²) in [6.45, 7) is 2.72. The minimum atomic E-state index is -0.608. The number of amides is 2. The largest absolute Gasteiger partial charge is 0.350 e. The van der Waals surface area contributed by atoms with Crippen LogP contribution in [0, 0.1) is 0 Å². The van der Waals surface area contributed by atoms with Crippen molar-refractivity contribution in [2.75, 3.05) is 0 Å². The molecule has 3 aromatic rings. The number of nitrogens with one attached hydrogen (secondary N) is 2. The van der Waals surface area contributed by atoms with E-state index in [-0.39, 0.29) is 11.8 Å². The second kappa shape index (κ2) is 8.44. The lowest BCUT2D eigenvalue weighted by Gasteiger charge is -2.15. The van der Waals surface area contributed by atoms with Gasteiger partial charge < -0.3 is 10.6 Å². The molecule has 0 aliphatic rings. The highest BCUT2D eigenvalue weighted by Gasteiger charge is 2.17. The average Bonchev–Trinajstić information content (AvgIpc) is 3.34. The van der Waals surface area contributed by atoms with Crippen LogP contribution in [0.3, 0.4) is 0 Å². The number of thiophene rings is 1. The summed E-state index contributed by atoms with van der Waals surface area (Å²) in [5, 5.41) is 11.6. The van der Waals surface area contributed by atoms with Crippen LogP contribution in [0.5, 0.6) is 0 Å². The van der Waals surface area contributed by atoms with Crippen molar-refractivity contribution in [2.45, 2.75) is 26.1 Å². The van der Waals surface area contributed by atoms with Crippen molar-refractivity contribution in [3.8, 4) is 0 Å². The molecule has 26 heavy (non-hydrogen) atoms. The topological polar surface area (TPSA) is 76.0 Å². The molecule has 3 rings (SSSR count). The second-order valence-electron chi connectivity index (χ2n) is 5.86. The van der Waals surface area contributed by atoms with Crippen molar-refractivity contribution < 1.29 is 9.59 Å². The molecule has 0 bridgehead atoms.